The standard InChI is InChI=1S/C27H27F2N5O4/c1-37-24-14-18(5-11-22(24)28)16-31-33-26(35)4-3-13-30-21-9-7-20(8-10-21)27(36)34-32-17-19-6-12-23(29)25(15-19)38-2/h5-12,14-17,30H,3-4,13H2,1-2H3,(H,33,35)(H,34,36)/b31-16+,32-17+. The molecule has 0 aliphatic rings. The molecular weight excluding hydrogens is 496 g/mol. The van der Waals surface area contributed by atoms with Crippen LogP contribution in [0.3, 0.4) is 0 Å². The number of anilines is 1. The molecule has 0 fully saturated rings. The van der Waals surface area contributed by atoms with Crippen molar-refractivity contribution in [1.29, 1.82) is 0 Å². The summed E-state index contributed by atoms with van der Waals surface area (Å²) in [5.74, 6) is -1.45. The fourth-order valence-electron chi connectivity index (χ4n) is 3.20. The lowest BCUT2D eigenvalue weighted by Crippen LogP contribution is -2.18. The average Bonchev–Trinajstić information content (AvgIpc) is 2.93. The topological polar surface area (TPSA) is 113 Å². The first kappa shape index (κ1) is 27.8. The van der Waals surface area contributed by atoms with Crippen LogP contribution >= 0.6 is 0 Å². The molecule has 0 aromatic heterocycles. The van der Waals surface area contributed by atoms with E-state index in [1.54, 1.807) is 24.3 Å². The molecule has 9 nitrogen and oxygen atoms in total. The third kappa shape index (κ3) is 8.40. The van der Waals surface area contributed by atoms with Crippen molar-refractivity contribution in [2.45, 2.75) is 12.8 Å². The number of methoxy groups -OCH3 is 2. The lowest BCUT2D eigenvalue weighted by molar-refractivity contribution is -0.121. The Morgan fingerprint density at radius 3 is 1.92 bits per heavy atom. The van der Waals surface area contributed by atoms with Gasteiger partial charge in [-0.2, -0.15) is 10.2 Å². The second-order valence-electron chi connectivity index (χ2n) is 7.89. The molecule has 198 valence electrons. The van der Waals surface area contributed by atoms with E-state index in [2.05, 4.69) is 26.4 Å². The smallest absolute Gasteiger partial charge is 0.271 e. The average molecular weight is 524 g/mol. The summed E-state index contributed by atoms with van der Waals surface area (Å²) >= 11 is 0. The van der Waals surface area contributed by atoms with Crippen LogP contribution in [-0.4, -0.2) is 45.0 Å². The van der Waals surface area contributed by atoms with E-state index in [0.717, 1.165) is 5.69 Å². The van der Waals surface area contributed by atoms with E-state index in [4.69, 9.17) is 9.47 Å². The number of hydrogen-bond acceptors (Lipinski definition) is 7. The normalized spacial score (nSPS) is 10.9. The van der Waals surface area contributed by atoms with Crippen molar-refractivity contribution in [3.63, 3.8) is 0 Å². The second-order valence-corrected chi connectivity index (χ2v) is 7.89. The van der Waals surface area contributed by atoms with E-state index in [1.165, 1.54) is 63.0 Å². The molecule has 0 aliphatic heterocycles. The van der Waals surface area contributed by atoms with Gasteiger partial charge >= 0.3 is 0 Å². The van der Waals surface area contributed by atoms with Gasteiger partial charge in [-0.25, -0.2) is 19.6 Å². The van der Waals surface area contributed by atoms with Crippen molar-refractivity contribution in [1.82, 2.24) is 10.9 Å². The van der Waals surface area contributed by atoms with E-state index < -0.39 is 17.5 Å². The molecule has 3 N–H and O–H groups in total. The summed E-state index contributed by atoms with van der Waals surface area (Å²) in [6, 6.07) is 15.2. The molecule has 0 unspecified atom stereocenters. The summed E-state index contributed by atoms with van der Waals surface area (Å²) < 4.78 is 36.7. The molecule has 0 atom stereocenters. The summed E-state index contributed by atoms with van der Waals surface area (Å²) in [7, 11) is 2.73. The monoisotopic (exact) mass is 523 g/mol. The molecule has 38 heavy (non-hydrogen) atoms. The Morgan fingerprint density at radius 2 is 1.37 bits per heavy atom. The molecule has 3 aromatic rings. The Labute approximate surface area is 218 Å². The SMILES string of the molecule is COc1cc(/C=N/NC(=O)CCCNc2ccc(C(=O)N/N=C/c3ccc(F)c(OC)c3)cc2)ccc1F. The number of benzene rings is 3. The van der Waals surface area contributed by atoms with Gasteiger partial charge in [-0.1, -0.05) is 12.1 Å². The molecule has 0 bridgehead atoms. The van der Waals surface area contributed by atoms with Gasteiger partial charge in [0, 0.05) is 24.2 Å². The van der Waals surface area contributed by atoms with Crippen LogP contribution in [0.25, 0.3) is 0 Å². The molecule has 0 saturated heterocycles. The molecule has 0 radical (unpaired) electrons. The molecule has 11 heteroatoms. The minimum Gasteiger partial charge on any atom is -0.494 e. The zero-order valence-corrected chi connectivity index (χ0v) is 20.8. The van der Waals surface area contributed by atoms with Crippen LogP contribution in [0.4, 0.5) is 14.5 Å². The minimum atomic E-state index is -0.486. The van der Waals surface area contributed by atoms with Gasteiger partial charge in [0.15, 0.2) is 23.1 Å². The van der Waals surface area contributed by atoms with Crippen molar-refractivity contribution in [3.8, 4) is 11.5 Å². The fourth-order valence-corrected chi connectivity index (χ4v) is 3.20. The lowest BCUT2D eigenvalue weighted by atomic mass is 10.2. The van der Waals surface area contributed by atoms with Crippen molar-refractivity contribution in [2.75, 3.05) is 26.1 Å². The fraction of sp³-hybridized carbons (Fsp3) is 0.185. The summed E-state index contributed by atoms with van der Waals surface area (Å²) in [6.07, 6.45) is 3.59. The van der Waals surface area contributed by atoms with Crippen molar-refractivity contribution >= 4 is 29.9 Å². The summed E-state index contributed by atoms with van der Waals surface area (Å²) in [4.78, 5) is 24.2. The Morgan fingerprint density at radius 1 is 0.816 bits per heavy atom. The number of carbonyl (C=O) groups excluding carboxylic acids is 2. The van der Waals surface area contributed by atoms with Crippen LogP contribution in [0.2, 0.25) is 0 Å². The number of nitrogens with one attached hydrogen (secondary N) is 3. The lowest BCUT2D eigenvalue weighted by Gasteiger charge is -2.07. The highest BCUT2D eigenvalue weighted by Crippen LogP contribution is 2.18. The van der Waals surface area contributed by atoms with E-state index in [-0.39, 0.29) is 23.8 Å². The Kier molecular flexibility index (Phi) is 10.3. The van der Waals surface area contributed by atoms with Crippen LogP contribution in [-0.2, 0) is 4.79 Å². The maximum Gasteiger partial charge on any atom is 0.271 e. The van der Waals surface area contributed by atoms with Crippen molar-refractivity contribution in [2.24, 2.45) is 10.2 Å². The molecule has 0 aliphatic carbocycles. The Hall–Kier alpha value is -4.80. The molecule has 0 spiro atoms. The zero-order valence-electron chi connectivity index (χ0n) is 20.8. The van der Waals surface area contributed by atoms with Crippen molar-refractivity contribution < 1.29 is 27.8 Å². The van der Waals surface area contributed by atoms with Gasteiger partial charge in [0.2, 0.25) is 5.91 Å². The first-order valence-electron chi connectivity index (χ1n) is 11.6. The van der Waals surface area contributed by atoms with E-state index in [1.807, 2.05) is 0 Å². The molecular formula is C27H27F2N5O4. The van der Waals surface area contributed by atoms with Gasteiger partial charge in [-0.05, 0) is 66.1 Å². The third-order valence-electron chi connectivity index (χ3n) is 5.19. The maximum atomic E-state index is 13.5. The van der Waals surface area contributed by atoms with Gasteiger partial charge in [0.25, 0.3) is 5.91 Å². The molecule has 3 rings (SSSR count). The third-order valence-corrected chi connectivity index (χ3v) is 5.19. The maximum absolute atomic E-state index is 13.5. The van der Waals surface area contributed by atoms with Crippen LogP contribution in [0, 0.1) is 11.6 Å². The van der Waals surface area contributed by atoms with Crippen LogP contribution < -0.4 is 25.6 Å². The minimum absolute atomic E-state index is 0.0840. The van der Waals surface area contributed by atoms with E-state index in [0.29, 0.717) is 29.7 Å². The predicted octanol–water partition coefficient (Wildman–Crippen LogP) is 4.09. The van der Waals surface area contributed by atoms with Gasteiger partial charge in [0.1, 0.15) is 0 Å². The number of amides is 2. The number of ether oxygens (including phenoxy) is 2. The number of hydrazone groups is 2. The Balaban J connectivity index is 1.37. The molecule has 0 heterocycles. The summed E-state index contributed by atoms with van der Waals surface area (Å²) in [6.45, 7) is 0.531. The summed E-state index contributed by atoms with van der Waals surface area (Å²) in [5, 5.41) is 10.9. The zero-order chi connectivity index (χ0) is 27.3. The number of rotatable bonds is 12. The van der Waals surface area contributed by atoms with Gasteiger partial charge in [0.05, 0.1) is 26.6 Å². The van der Waals surface area contributed by atoms with Crippen LogP contribution in [0.15, 0.2) is 70.9 Å². The molecule has 3 aromatic carbocycles. The highest BCUT2D eigenvalue weighted by Gasteiger charge is 2.06. The first-order chi connectivity index (χ1) is 18.4. The highest BCUT2D eigenvalue weighted by molar-refractivity contribution is 5.95. The highest BCUT2D eigenvalue weighted by atomic mass is 19.1. The first-order valence-corrected chi connectivity index (χ1v) is 11.6. The van der Waals surface area contributed by atoms with Gasteiger partial charge in [-0.15, -0.1) is 0 Å². The summed E-state index contributed by atoms with van der Waals surface area (Å²) in [5.41, 5.74) is 7.18. The van der Waals surface area contributed by atoms with Gasteiger partial charge < -0.3 is 14.8 Å². The number of nitrogens with zero attached hydrogens (tertiary/aromatic N) is 2. The van der Waals surface area contributed by atoms with Crippen molar-refractivity contribution in [3.05, 3.63) is 89.0 Å². The molecule has 0 saturated carbocycles. The largest absolute Gasteiger partial charge is 0.494 e. The van der Waals surface area contributed by atoms with Crippen LogP contribution in [0.1, 0.15) is 34.3 Å². The van der Waals surface area contributed by atoms with Crippen LogP contribution in [0.5, 0.6) is 11.5 Å². The second kappa shape index (κ2) is 14.1. The number of hydrogen-bond donors (Lipinski definition) is 3. The number of halogens is 2. The van der Waals surface area contributed by atoms with Gasteiger partial charge in [-0.3, -0.25) is 9.59 Å². The molecule has 2 amide bonds. The quantitative estimate of drug-likeness (QED) is 0.188. The van der Waals surface area contributed by atoms with E-state index >= 15 is 0 Å². The van der Waals surface area contributed by atoms with E-state index in [9.17, 15) is 18.4 Å². The Bertz CT molecular complexity index is 1310. The number of carbonyl (C=O) groups is 2. The predicted molar refractivity (Wildman–Crippen MR) is 141 cm³/mol.